The van der Waals surface area contributed by atoms with E-state index in [2.05, 4.69) is 10.6 Å². The Bertz CT molecular complexity index is 700. The molecule has 23 heavy (non-hydrogen) atoms. The first-order valence-electron chi connectivity index (χ1n) is 6.87. The monoisotopic (exact) mass is 338 g/mol. The van der Waals surface area contributed by atoms with Crippen molar-refractivity contribution >= 4 is 22.5 Å². The first kappa shape index (κ1) is 17.1. The van der Waals surface area contributed by atoms with E-state index in [1.54, 1.807) is 30.5 Å². The molecule has 1 atom stereocenters. The zero-order valence-corrected chi connectivity index (χ0v) is 13.3. The van der Waals surface area contributed by atoms with Gasteiger partial charge in [-0.25, -0.2) is 13.6 Å². The van der Waals surface area contributed by atoms with Crippen molar-refractivity contribution in [2.24, 2.45) is 0 Å². The van der Waals surface area contributed by atoms with Gasteiger partial charge in [-0.2, -0.15) is 0 Å². The molecule has 0 aliphatic carbocycles. The molecule has 2 N–H and O–H groups in total. The number of halogens is 2. The summed E-state index contributed by atoms with van der Waals surface area (Å²) in [7, 11) is -1.07. The van der Waals surface area contributed by atoms with Gasteiger partial charge in [0, 0.05) is 40.2 Å². The van der Waals surface area contributed by atoms with Gasteiger partial charge < -0.3 is 10.6 Å². The highest BCUT2D eigenvalue weighted by Crippen LogP contribution is 2.12. The largest absolute Gasteiger partial charge is 0.338 e. The number of amides is 2. The topological polar surface area (TPSA) is 58.2 Å². The molecule has 0 bridgehead atoms. The van der Waals surface area contributed by atoms with Crippen LogP contribution in [0.2, 0.25) is 0 Å². The van der Waals surface area contributed by atoms with Crippen LogP contribution in [-0.4, -0.2) is 23.0 Å². The van der Waals surface area contributed by atoms with Crippen molar-refractivity contribution in [3.05, 3.63) is 59.7 Å². The summed E-state index contributed by atoms with van der Waals surface area (Å²) in [5, 5.41) is 5.22. The summed E-state index contributed by atoms with van der Waals surface area (Å²) in [4.78, 5) is 12.4. The maximum Gasteiger partial charge on any atom is 0.319 e. The van der Waals surface area contributed by atoms with Crippen LogP contribution in [0.4, 0.5) is 19.3 Å². The molecule has 2 aromatic carbocycles. The van der Waals surface area contributed by atoms with E-state index < -0.39 is 28.5 Å². The standard InChI is InChI=1S/C16H16F2N2O2S/c1-23(22)15-4-2-14(3-5-15)20-16(21)19-7-6-11-8-12(17)10-13(18)9-11/h2-5,8-10H,6-7H2,1H3,(H2,19,20,21). The van der Waals surface area contributed by atoms with Crippen LogP contribution in [0.3, 0.4) is 0 Å². The van der Waals surface area contributed by atoms with Crippen LogP contribution >= 0.6 is 0 Å². The van der Waals surface area contributed by atoms with Crippen molar-refractivity contribution in [3.63, 3.8) is 0 Å². The number of hydrogen-bond donors (Lipinski definition) is 2. The minimum Gasteiger partial charge on any atom is -0.338 e. The summed E-state index contributed by atoms with van der Waals surface area (Å²) in [6, 6.07) is 9.47. The molecule has 4 nitrogen and oxygen atoms in total. The van der Waals surface area contributed by atoms with Crippen molar-refractivity contribution in [1.82, 2.24) is 5.32 Å². The van der Waals surface area contributed by atoms with Gasteiger partial charge in [-0.1, -0.05) is 0 Å². The zero-order chi connectivity index (χ0) is 16.8. The average Bonchev–Trinajstić information content (AvgIpc) is 2.46. The molecular weight excluding hydrogens is 322 g/mol. The van der Waals surface area contributed by atoms with Crippen LogP contribution in [0.25, 0.3) is 0 Å². The van der Waals surface area contributed by atoms with E-state index >= 15 is 0 Å². The number of rotatable bonds is 5. The van der Waals surface area contributed by atoms with Crippen molar-refractivity contribution in [1.29, 1.82) is 0 Å². The Kier molecular flexibility index (Phi) is 5.81. The molecular formula is C16H16F2N2O2S. The Morgan fingerprint density at radius 3 is 2.26 bits per heavy atom. The molecule has 122 valence electrons. The molecule has 0 spiro atoms. The summed E-state index contributed by atoms with van der Waals surface area (Å²) >= 11 is 0. The molecule has 0 saturated heterocycles. The third-order valence-electron chi connectivity index (χ3n) is 3.07. The second-order valence-corrected chi connectivity index (χ2v) is 6.27. The number of carbonyl (C=O) groups excluding carboxylic acids is 1. The SMILES string of the molecule is CS(=O)c1ccc(NC(=O)NCCc2cc(F)cc(F)c2)cc1. The Morgan fingerprint density at radius 2 is 1.70 bits per heavy atom. The first-order valence-corrected chi connectivity index (χ1v) is 8.43. The van der Waals surface area contributed by atoms with E-state index in [4.69, 9.17) is 0 Å². The molecule has 0 aromatic heterocycles. The summed E-state index contributed by atoms with van der Waals surface area (Å²) in [5.41, 5.74) is 1.03. The Balaban J connectivity index is 1.81. The summed E-state index contributed by atoms with van der Waals surface area (Å²) in [5.74, 6) is -1.28. The molecule has 2 rings (SSSR count). The van der Waals surface area contributed by atoms with Crippen LogP contribution < -0.4 is 10.6 Å². The summed E-state index contributed by atoms with van der Waals surface area (Å²) in [6.07, 6.45) is 1.89. The fourth-order valence-electron chi connectivity index (χ4n) is 1.98. The normalized spacial score (nSPS) is 11.8. The molecule has 0 heterocycles. The van der Waals surface area contributed by atoms with Crippen molar-refractivity contribution in [2.75, 3.05) is 18.1 Å². The lowest BCUT2D eigenvalue weighted by Gasteiger charge is -2.08. The van der Waals surface area contributed by atoms with Gasteiger partial charge in [0.2, 0.25) is 0 Å². The molecule has 0 aliphatic rings. The van der Waals surface area contributed by atoms with Crippen molar-refractivity contribution < 1.29 is 17.8 Å². The highest BCUT2D eigenvalue weighted by molar-refractivity contribution is 7.84. The number of carbonyl (C=O) groups is 1. The summed E-state index contributed by atoms with van der Waals surface area (Å²) in [6.45, 7) is 0.242. The molecule has 1 unspecified atom stereocenters. The lowest BCUT2D eigenvalue weighted by molar-refractivity contribution is 0.252. The maximum absolute atomic E-state index is 13.0. The highest BCUT2D eigenvalue weighted by Gasteiger charge is 2.04. The fraction of sp³-hybridized carbons (Fsp3) is 0.188. The third kappa shape index (κ3) is 5.45. The van der Waals surface area contributed by atoms with Crippen LogP contribution in [0.15, 0.2) is 47.4 Å². The van der Waals surface area contributed by atoms with E-state index in [0.29, 0.717) is 22.6 Å². The second kappa shape index (κ2) is 7.82. The Labute approximate surface area is 135 Å². The number of anilines is 1. The predicted molar refractivity (Wildman–Crippen MR) is 85.9 cm³/mol. The quantitative estimate of drug-likeness (QED) is 0.880. The van der Waals surface area contributed by atoms with Gasteiger partial charge >= 0.3 is 6.03 Å². The molecule has 2 amide bonds. The lowest BCUT2D eigenvalue weighted by Crippen LogP contribution is -2.30. The van der Waals surface area contributed by atoms with E-state index in [0.717, 1.165) is 6.07 Å². The molecule has 7 heteroatoms. The van der Waals surface area contributed by atoms with E-state index in [-0.39, 0.29) is 6.54 Å². The maximum atomic E-state index is 13.0. The van der Waals surface area contributed by atoms with Crippen LogP contribution in [0.5, 0.6) is 0 Å². The van der Waals surface area contributed by atoms with Gasteiger partial charge in [-0.15, -0.1) is 0 Å². The number of nitrogens with one attached hydrogen (secondary N) is 2. The van der Waals surface area contributed by atoms with Gasteiger partial charge in [0.25, 0.3) is 0 Å². The molecule has 0 saturated carbocycles. The Morgan fingerprint density at radius 1 is 1.09 bits per heavy atom. The number of urea groups is 1. The highest BCUT2D eigenvalue weighted by atomic mass is 32.2. The average molecular weight is 338 g/mol. The lowest BCUT2D eigenvalue weighted by atomic mass is 10.1. The fourth-order valence-corrected chi connectivity index (χ4v) is 2.50. The number of hydrogen-bond acceptors (Lipinski definition) is 2. The van der Waals surface area contributed by atoms with Crippen molar-refractivity contribution in [2.45, 2.75) is 11.3 Å². The molecule has 0 aliphatic heterocycles. The first-order chi connectivity index (χ1) is 10.9. The minimum atomic E-state index is -1.07. The van der Waals surface area contributed by atoms with Gasteiger partial charge in [0.05, 0.1) is 0 Å². The van der Waals surface area contributed by atoms with Crippen LogP contribution in [-0.2, 0) is 17.2 Å². The second-order valence-electron chi connectivity index (χ2n) is 4.89. The van der Waals surface area contributed by atoms with E-state index in [1.165, 1.54) is 12.1 Å². The molecule has 2 aromatic rings. The predicted octanol–water partition coefficient (Wildman–Crippen LogP) is 3.07. The van der Waals surface area contributed by atoms with Gasteiger partial charge in [0.1, 0.15) is 11.6 Å². The van der Waals surface area contributed by atoms with E-state index in [9.17, 15) is 17.8 Å². The minimum absolute atomic E-state index is 0.242. The third-order valence-corrected chi connectivity index (χ3v) is 4.00. The zero-order valence-electron chi connectivity index (χ0n) is 12.4. The number of benzene rings is 2. The Hall–Kier alpha value is -2.28. The summed E-state index contributed by atoms with van der Waals surface area (Å²) < 4.78 is 37.3. The van der Waals surface area contributed by atoms with Crippen LogP contribution in [0, 0.1) is 11.6 Å². The molecule has 0 fully saturated rings. The van der Waals surface area contributed by atoms with Gasteiger partial charge in [-0.3, -0.25) is 4.21 Å². The van der Waals surface area contributed by atoms with Gasteiger partial charge in [0.15, 0.2) is 0 Å². The van der Waals surface area contributed by atoms with Gasteiger partial charge in [-0.05, 0) is 48.4 Å². The smallest absolute Gasteiger partial charge is 0.319 e. The molecule has 0 radical (unpaired) electrons. The van der Waals surface area contributed by atoms with Crippen molar-refractivity contribution in [3.8, 4) is 0 Å². The van der Waals surface area contributed by atoms with E-state index in [1.807, 2.05) is 0 Å². The van der Waals surface area contributed by atoms with Crippen LogP contribution in [0.1, 0.15) is 5.56 Å².